The lowest BCUT2D eigenvalue weighted by Crippen LogP contribution is -2.40. The Morgan fingerprint density at radius 3 is 2.59 bits per heavy atom. The molecule has 4 rings (SSSR count). The number of carbonyl (C=O) groups excluding carboxylic acids is 1. The molecule has 0 radical (unpaired) electrons. The molecule has 8 heteroatoms. The van der Waals surface area contributed by atoms with Crippen molar-refractivity contribution < 1.29 is 4.79 Å². The van der Waals surface area contributed by atoms with Gasteiger partial charge in [0, 0.05) is 25.3 Å². The van der Waals surface area contributed by atoms with E-state index in [9.17, 15) is 9.59 Å². The Kier molecular flexibility index (Phi) is 6.45. The maximum Gasteiger partial charge on any atom is 0.267 e. The van der Waals surface area contributed by atoms with Gasteiger partial charge in [0.1, 0.15) is 15.8 Å². The van der Waals surface area contributed by atoms with Gasteiger partial charge in [-0.3, -0.25) is 18.9 Å². The number of aryl methyl sites for hydroxylation is 1. The minimum atomic E-state index is -0.159. The molecule has 0 unspecified atom stereocenters. The Morgan fingerprint density at radius 1 is 1.25 bits per heavy atom. The fraction of sp³-hybridized carbons (Fsp3) is 0.500. The van der Waals surface area contributed by atoms with Crippen molar-refractivity contribution in [3.63, 3.8) is 0 Å². The van der Waals surface area contributed by atoms with Crippen LogP contribution >= 0.6 is 24.0 Å². The molecule has 2 aromatic rings. The van der Waals surface area contributed by atoms with Crippen LogP contribution in [0.25, 0.3) is 11.7 Å². The van der Waals surface area contributed by atoms with Crippen LogP contribution in [0.3, 0.4) is 0 Å². The van der Waals surface area contributed by atoms with Crippen LogP contribution in [0.4, 0.5) is 5.82 Å². The topological polar surface area (TPSA) is 57.9 Å². The van der Waals surface area contributed by atoms with Crippen molar-refractivity contribution in [1.82, 2.24) is 14.3 Å². The molecule has 2 fully saturated rings. The highest BCUT2D eigenvalue weighted by Crippen LogP contribution is 2.36. The maximum absolute atomic E-state index is 13.6. The van der Waals surface area contributed by atoms with Crippen LogP contribution in [-0.2, 0) is 4.79 Å². The van der Waals surface area contributed by atoms with Gasteiger partial charge in [0.15, 0.2) is 0 Å². The van der Waals surface area contributed by atoms with Crippen molar-refractivity contribution in [3.05, 3.63) is 44.7 Å². The summed E-state index contributed by atoms with van der Waals surface area (Å²) < 4.78 is 2.12. The summed E-state index contributed by atoms with van der Waals surface area (Å²) in [6.45, 7) is 12.1. The number of rotatable bonds is 4. The number of nitrogens with zero attached hydrogens (tertiary/aromatic N) is 4. The predicted octanol–water partition coefficient (Wildman–Crippen LogP) is 4.48. The summed E-state index contributed by atoms with van der Waals surface area (Å²) in [6.07, 6.45) is 5.49. The van der Waals surface area contributed by atoms with E-state index in [1.807, 2.05) is 32.9 Å². The molecule has 2 saturated heterocycles. The van der Waals surface area contributed by atoms with E-state index >= 15 is 0 Å². The molecule has 2 aliphatic heterocycles. The number of amides is 1. The molecule has 0 saturated carbocycles. The molecule has 2 aliphatic rings. The Bertz CT molecular complexity index is 1160. The second kappa shape index (κ2) is 8.98. The molecule has 0 spiro atoms. The van der Waals surface area contributed by atoms with Gasteiger partial charge in [-0.25, -0.2) is 4.98 Å². The largest absolute Gasteiger partial charge is 0.355 e. The summed E-state index contributed by atoms with van der Waals surface area (Å²) in [6, 6.07) is 3.86. The highest BCUT2D eigenvalue weighted by molar-refractivity contribution is 8.26. The molecule has 0 bridgehead atoms. The van der Waals surface area contributed by atoms with Crippen LogP contribution in [0.2, 0.25) is 0 Å². The first-order valence-corrected chi connectivity index (χ1v) is 12.5. The van der Waals surface area contributed by atoms with Gasteiger partial charge in [0.2, 0.25) is 0 Å². The molecule has 0 aromatic carbocycles. The van der Waals surface area contributed by atoms with Crippen LogP contribution in [0.1, 0.15) is 51.7 Å². The average Bonchev–Trinajstić information content (AvgIpc) is 3.02. The van der Waals surface area contributed by atoms with Crippen LogP contribution in [-0.4, -0.2) is 43.6 Å². The van der Waals surface area contributed by atoms with Gasteiger partial charge in [0.05, 0.1) is 10.5 Å². The Balaban J connectivity index is 1.88. The van der Waals surface area contributed by atoms with E-state index in [-0.39, 0.29) is 17.5 Å². The lowest BCUT2D eigenvalue weighted by atomic mass is 9.91. The maximum atomic E-state index is 13.6. The van der Waals surface area contributed by atoms with E-state index < -0.39 is 0 Å². The molecule has 32 heavy (non-hydrogen) atoms. The normalized spacial score (nSPS) is 24.1. The zero-order chi connectivity index (χ0) is 23.2. The third-order valence-electron chi connectivity index (χ3n) is 6.28. The number of anilines is 1. The molecule has 6 nitrogen and oxygen atoms in total. The van der Waals surface area contributed by atoms with E-state index in [1.54, 1.807) is 21.6 Å². The third-order valence-corrected chi connectivity index (χ3v) is 7.61. The molecule has 0 N–H and O–H groups in total. The van der Waals surface area contributed by atoms with E-state index in [1.165, 1.54) is 11.8 Å². The number of aromatic nitrogens is 2. The van der Waals surface area contributed by atoms with Gasteiger partial charge in [-0.1, -0.05) is 50.8 Å². The molecule has 3 atom stereocenters. The minimum absolute atomic E-state index is 0.0233. The zero-order valence-electron chi connectivity index (χ0n) is 19.3. The monoisotopic (exact) mass is 470 g/mol. The first-order chi connectivity index (χ1) is 15.2. The van der Waals surface area contributed by atoms with Crippen LogP contribution in [0.5, 0.6) is 0 Å². The van der Waals surface area contributed by atoms with E-state index in [0.717, 1.165) is 31.5 Å². The number of fused-ring (bicyclic) bond motifs is 1. The van der Waals surface area contributed by atoms with Gasteiger partial charge >= 0.3 is 0 Å². The summed E-state index contributed by atoms with van der Waals surface area (Å²) in [5.41, 5.74) is 1.89. The van der Waals surface area contributed by atoms with Crippen LogP contribution in [0, 0.1) is 18.8 Å². The number of thioether (sulfide) groups is 1. The zero-order valence-corrected chi connectivity index (χ0v) is 20.9. The molecule has 1 amide bonds. The Labute approximate surface area is 198 Å². The first kappa shape index (κ1) is 23.0. The molecule has 0 aliphatic carbocycles. The van der Waals surface area contributed by atoms with Crippen molar-refractivity contribution in [2.75, 3.05) is 18.0 Å². The smallest absolute Gasteiger partial charge is 0.267 e. The van der Waals surface area contributed by atoms with Crippen molar-refractivity contribution in [2.24, 2.45) is 11.8 Å². The van der Waals surface area contributed by atoms with Crippen molar-refractivity contribution in [3.8, 4) is 0 Å². The first-order valence-electron chi connectivity index (χ1n) is 11.2. The molecule has 2 aromatic heterocycles. The van der Waals surface area contributed by atoms with Gasteiger partial charge in [0.25, 0.3) is 11.5 Å². The van der Waals surface area contributed by atoms with Crippen LogP contribution < -0.4 is 10.5 Å². The van der Waals surface area contributed by atoms with E-state index in [0.29, 0.717) is 38.1 Å². The van der Waals surface area contributed by atoms with Gasteiger partial charge in [-0.15, -0.1) is 0 Å². The number of piperidine rings is 1. The summed E-state index contributed by atoms with van der Waals surface area (Å²) >= 11 is 6.76. The molecule has 170 valence electrons. The quantitative estimate of drug-likeness (QED) is 0.485. The summed E-state index contributed by atoms with van der Waals surface area (Å²) in [4.78, 5) is 36.0. The predicted molar refractivity (Wildman–Crippen MR) is 136 cm³/mol. The highest BCUT2D eigenvalue weighted by Gasteiger charge is 2.35. The van der Waals surface area contributed by atoms with Crippen LogP contribution in [0.15, 0.2) is 28.0 Å². The van der Waals surface area contributed by atoms with Crippen molar-refractivity contribution in [2.45, 2.75) is 53.5 Å². The lowest BCUT2D eigenvalue weighted by Gasteiger charge is -2.36. The fourth-order valence-electron chi connectivity index (χ4n) is 4.62. The van der Waals surface area contributed by atoms with Gasteiger partial charge in [-0.2, -0.15) is 0 Å². The van der Waals surface area contributed by atoms with E-state index in [4.69, 9.17) is 17.2 Å². The standard InChI is InChI=1S/C24H30N4O2S2/c1-6-17(5)28-23(30)19(32-24(28)31)10-18-21(26-11-15(3)9-16(4)12-26)25-20-8-7-14(2)13-27(20)22(18)29/h7-8,10,13,15-17H,6,9,11-12H2,1-5H3/b19-10-/t15-,16-,17+/m1/s1. The lowest BCUT2D eigenvalue weighted by molar-refractivity contribution is -0.123. The number of hydrogen-bond acceptors (Lipinski definition) is 6. The second-order valence-corrected chi connectivity index (χ2v) is 10.9. The average molecular weight is 471 g/mol. The third kappa shape index (κ3) is 4.22. The minimum Gasteiger partial charge on any atom is -0.355 e. The highest BCUT2D eigenvalue weighted by atomic mass is 32.2. The number of hydrogen-bond donors (Lipinski definition) is 0. The summed E-state index contributed by atoms with van der Waals surface area (Å²) in [5, 5.41) is 0. The van der Waals surface area contributed by atoms with Gasteiger partial charge < -0.3 is 4.90 Å². The van der Waals surface area contributed by atoms with Crippen molar-refractivity contribution >= 4 is 51.7 Å². The summed E-state index contributed by atoms with van der Waals surface area (Å²) in [5.74, 6) is 1.54. The molecule has 4 heterocycles. The molecular formula is C24H30N4O2S2. The number of thiocarbonyl (C=S) groups is 1. The van der Waals surface area contributed by atoms with E-state index in [2.05, 4.69) is 18.7 Å². The summed E-state index contributed by atoms with van der Waals surface area (Å²) in [7, 11) is 0. The van der Waals surface area contributed by atoms with Crippen molar-refractivity contribution in [1.29, 1.82) is 0 Å². The van der Waals surface area contributed by atoms with Gasteiger partial charge in [-0.05, 0) is 56.2 Å². The number of carbonyl (C=O) groups is 1. The fourth-order valence-corrected chi connectivity index (χ4v) is 6.07. The second-order valence-electron chi connectivity index (χ2n) is 9.25. The Hall–Kier alpha value is -2.19. The Morgan fingerprint density at radius 2 is 1.94 bits per heavy atom. The number of pyridine rings is 1. The molecular weight excluding hydrogens is 440 g/mol. The SMILES string of the molecule is CC[C@H](C)N1C(=O)/C(=C/c2c(N3C[C@H](C)C[C@@H](C)C3)nc3ccc(C)cn3c2=O)SC1=S.